The molecule has 2 aromatic carbocycles. The zero-order valence-corrected chi connectivity index (χ0v) is 20.7. The van der Waals surface area contributed by atoms with Crippen molar-refractivity contribution in [2.75, 3.05) is 39.3 Å². The Morgan fingerprint density at radius 3 is 2.60 bits per heavy atom. The number of nitrogens with zero attached hydrogens (tertiary/aromatic N) is 2. The predicted molar refractivity (Wildman–Crippen MR) is 137 cm³/mol. The lowest BCUT2D eigenvalue weighted by molar-refractivity contribution is -0.0413. The van der Waals surface area contributed by atoms with Gasteiger partial charge in [-0.1, -0.05) is 41.4 Å². The van der Waals surface area contributed by atoms with E-state index < -0.39 is 0 Å². The third-order valence-corrected chi connectivity index (χ3v) is 7.40. The molecule has 3 heterocycles. The number of ether oxygens (including phenoxy) is 2. The number of halogens is 2. The Kier molecular flexibility index (Phi) is 7.29. The molecular formula is C26H27Cl2N3O4. The molecule has 1 N–H and O–H groups in total. The first-order valence-electron chi connectivity index (χ1n) is 11.8. The topological polar surface area (TPSA) is 74.9 Å². The zero-order valence-electron chi connectivity index (χ0n) is 19.2. The second-order valence-corrected chi connectivity index (χ2v) is 9.83. The fraction of sp³-hybridized carbons (Fsp3) is 0.385. The molecule has 1 atom stereocenters. The number of morpholine rings is 1. The molecule has 5 rings (SSSR count). The van der Waals surface area contributed by atoms with Crippen LogP contribution in [-0.2, 0) is 4.74 Å². The smallest absolute Gasteiger partial charge is 0.256 e. The van der Waals surface area contributed by atoms with Gasteiger partial charge >= 0.3 is 0 Å². The maximum absolute atomic E-state index is 13.3. The zero-order chi connectivity index (χ0) is 24.4. The molecule has 35 heavy (non-hydrogen) atoms. The Labute approximate surface area is 213 Å². The van der Waals surface area contributed by atoms with E-state index in [2.05, 4.69) is 9.88 Å². The Morgan fingerprint density at radius 1 is 1.06 bits per heavy atom. The van der Waals surface area contributed by atoms with Gasteiger partial charge in [-0.05, 0) is 31.0 Å². The molecule has 184 valence electrons. The number of benzene rings is 2. The van der Waals surface area contributed by atoms with Crippen LogP contribution in [0.4, 0.5) is 0 Å². The van der Waals surface area contributed by atoms with Crippen molar-refractivity contribution >= 4 is 39.9 Å². The second kappa shape index (κ2) is 10.6. The van der Waals surface area contributed by atoms with Crippen molar-refractivity contribution in [2.45, 2.75) is 25.0 Å². The normalized spacial score (nSPS) is 19.7. The van der Waals surface area contributed by atoms with E-state index in [-0.39, 0.29) is 23.7 Å². The van der Waals surface area contributed by atoms with Crippen LogP contribution < -0.4 is 10.3 Å². The summed E-state index contributed by atoms with van der Waals surface area (Å²) in [5, 5.41) is 2.20. The van der Waals surface area contributed by atoms with Crippen LogP contribution in [0.2, 0.25) is 10.0 Å². The molecule has 0 spiro atoms. The van der Waals surface area contributed by atoms with Crippen molar-refractivity contribution in [3.8, 4) is 5.75 Å². The third-order valence-electron chi connectivity index (χ3n) is 6.66. The van der Waals surface area contributed by atoms with Crippen LogP contribution in [0, 0.1) is 0 Å². The minimum absolute atomic E-state index is 0.0609. The molecule has 1 aromatic heterocycles. The molecule has 2 fully saturated rings. The Morgan fingerprint density at radius 2 is 1.83 bits per heavy atom. The molecule has 2 aliphatic heterocycles. The fourth-order valence-electron chi connectivity index (χ4n) is 4.81. The van der Waals surface area contributed by atoms with Gasteiger partial charge in [-0.15, -0.1) is 0 Å². The molecule has 0 saturated carbocycles. The van der Waals surface area contributed by atoms with Crippen molar-refractivity contribution in [3.63, 3.8) is 0 Å². The highest BCUT2D eigenvalue weighted by Crippen LogP contribution is 2.28. The van der Waals surface area contributed by atoms with Gasteiger partial charge in [0.15, 0.2) is 0 Å². The molecule has 3 aromatic rings. The quantitative estimate of drug-likeness (QED) is 0.550. The Bertz CT molecular complexity index is 1270. The van der Waals surface area contributed by atoms with Crippen molar-refractivity contribution in [3.05, 3.63) is 74.6 Å². The minimum Gasteiger partial charge on any atom is -0.490 e. The number of pyridine rings is 1. The molecule has 0 bridgehead atoms. The Balaban J connectivity index is 1.16. The molecule has 1 unspecified atom stereocenters. The van der Waals surface area contributed by atoms with Crippen LogP contribution in [0.3, 0.4) is 0 Å². The highest BCUT2D eigenvalue weighted by Gasteiger charge is 2.29. The van der Waals surface area contributed by atoms with Gasteiger partial charge in [0.1, 0.15) is 11.9 Å². The summed E-state index contributed by atoms with van der Waals surface area (Å²) in [7, 11) is 0. The van der Waals surface area contributed by atoms with E-state index in [1.807, 2.05) is 23.1 Å². The largest absolute Gasteiger partial charge is 0.490 e. The van der Waals surface area contributed by atoms with E-state index in [1.54, 1.807) is 24.3 Å². The average molecular weight is 516 g/mol. The number of fused-ring (bicyclic) bond motifs is 1. The van der Waals surface area contributed by atoms with Crippen molar-refractivity contribution in [2.24, 2.45) is 0 Å². The van der Waals surface area contributed by atoms with E-state index in [0.29, 0.717) is 46.1 Å². The van der Waals surface area contributed by atoms with Crippen LogP contribution >= 0.6 is 23.2 Å². The van der Waals surface area contributed by atoms with Gasteiger partial charge in [-0.2, -0.15) is 0 Å². The van der Waals surface area contributed by atoms with Gasteiger partial charge in [0.25, 0.3) is 11.5 Å². The lowest BCUT2D eigenvalue weighted by atomic mass is 10.1. The van der Waals surface area contributed by atoms with Gasteiger partial charge in [-0.25, -0.2) is 0 Å². The highest BCUT2D eigenvalue weighted by molar-refractivity contribution is 6.42. The second-order valence-electron chi connectivity index (χ2n) is 9.01. The number of amides is 1. The van der Waals surface area contributed by atoms with Gasteiger partial charge in [0.05, 0.1) is 28.3 Å². The number of piperidine rings is 1. The number of aromatic amines is 1. The monoisotopic (exact) mass is 515 g/mol. The first-order valence-corrected chi connectivity index (χ1v) is 12.6. The number of H-pyrrole nitrogens is 1. The molecule has 2 aliphatic rings. The number of carbonyl (C=O) groups is 1. The van der Waals surface area contributed by atoms with Crippen molar-refractivity contribution in [1.29, 1.82) is 0 Å². The fourth-order valence-corrected chi connectivity index (χ4v) is 5.10. The average Bonchev–Trinajstić information content (AvgIpc) is 2.88. The van der Waals surface area contributed by atoms with Gasteiger partial charge in [-0.3, -0.25) is 9.59 Å². The molecular weight excluding hydrogens is 489 g/mol. The number of nitrogens with one attached hydrogen (secondary N) is 1. The number of aromatic nitrogens is 1. The van der Waals surface area contributed by atoms with Crippen molar-refractivity contribution < 1.29 is 14.3 Å². The van der Waals surface area contributed by atoms with E-state index in [9.17, 15) is 9.59 Å². The number of hydrogen-bond acceptors (Lipinski definition) is 5. The summed E-state index contributed by atoms with van der Waals surface area (Å²) in [5.74, 6) is 0.650. The standard InChI is InChI=1S/C26H27Cl2N3O4/c27-23-6-5-18(13-24(23)28)35-17-7-9-30(10-8-17)15-19-16-31(11-12-34-19)26(33)22-14-29-25(32)21-4-2-1-3-20(21)22/h1-6,13-14,17,19H,7-12,15-16H2,(H,29,32). The van der Waals surface area contributed by atoms with Crippen LogP contribution in [0.1, 0.15) is 23.2 Å². The summed E-state index contributed by atoms with van der Waals surface area (Å²) in [6, 6.07) is 12.5. The van der Waals surface area contributed by atoms with Crippen LogP contribution in [0.15, 0.2) is 53.5 Å². The summed E-state index contributed by atoms with van der Waals surface area (Å²) in [6.45, 7) is 4.09. The van der Waals surface area contributed by atoms with Crippen LogP contribution in [0.25, 0.3) is 10.8 Å². The SMILES string of the molecule is O=C(c1c[nH]c(=O)c2ccccc12)N1CCOC(CN2CCC(Oc3ccc(Cl)c(Cl)c3)CC2)C1. The number of rotatable bonds is 5. The summed E-state index contributed by atoms with van der Waals surface area (Å²) in [4.78, 5) is 32.3. The molecule has 1 amide bonds. The summed E-state index contributed by atoms with van der Waals surface area (Å²) < 4.78 is 12.1. The van der Waals surface area contributed by atoms with Crippen LogP contribution in [0.5, 0.6) is 5.75 Å². The maximum Gasteiger partial charge on any atom is 0.256 e. The summed E-state index contributed by atoms with van der Waals surface area (Å²) in [6.07, 6.45) is 3.39. The van der Waals surface area contributed by atoms with E-state index in [1.165, 1.54) is 6.20 Å². The molecule has 0 radical (unpaired) electrons. The van der Waals surface area contributed by atoms with E-state index in [0.717, 1.165) is 38.2 Å². The molecule has 2 saturated heterocycles. The Hall–Kier alpha value is -2.58. The van der Waals surface area contributed by atoms with Crippen molar-refractivity contribution in [1.82, 2.24) is 14.8 Å². The first kappa shape index (κ1) is 24.1. The van der Waals surface area contributed by atoms with Gasteiger partial charge in [0.2, 0.25) is 0 Å². The lowest BCUT2D eigenvalue weighted by Crippen LogP contribution is -2.51. The minimum atomic E-state index is -0.191. The number of hydrogen-bond donors (Lipinski definition) is 1. The highest BCUT2D eigenvalue weighted by atomic mass is 35.5. The van der Waals surface area contributed by atoms with E-state index >= 15 is 0 Å². The van der Waals surface area contributed by atoms with Gasteiger partial charge < -0.3 is 24.3 Å². The predicted octanol–water partition coefficient (Wildman–Crippen LogP) is 4.22. The maximum atomic E-state index is 13.3. The lowest BCUT2D eigenvalue weighted by Gasteiger charge is -2.38. The number of carbonyl (C=O) groups excluding carboxylic acids is 1. The summed E-state index contributed by atoms with van der Waals surface area (Å²) in [5.41, 5.74) is 0.324. The first-order chi connectivity index (χ1) is 17.0. The third kappa shape index (κ3) is 5.48. The summed E-state index contributed by atoms with van der Waals surface area (Å²) >= 11 is 12.1. The van der Waals surface area contributed by atoms with E-state index in [4.69, 9.17) is 32.7 Å². The number of likely N-dealkylation sites (tertiary alicyclic amines) is 1. The molecule has 7 nitrogen and oxygen atoms in total. The van der Waals surface area contributed by atoms with Crippen LogP contribution in [-0.4, -0.2) is 72.2 Å². The van der Waals surface area contributed by atoms with Gasteiger partial charge in [0, 0.05) is 55.8 Å². The molecule has 9 heteroatoms. The molecule has 0 aliphatic carbocycles.